The molecule has 1 unspecified atom stereocenters. The predicted octanol–water partition coefficient (Wildman–Crippen LogP) is 0.570. The number of carbonyl (C=O) groups is 1. The summed E-state index contributed by atoms with van der Waals surface area (Å²) in [6.07, 6.45) is 2.67. The molecule has 1 atom stereocenters. The summed E-state index contributed by atoms with van der Waals surface area (Å²) in [6, 6.07) is -0.453. The van der Waals surface area contributed by atoms with Crippen LogP contribution in [0.25, 0.3) is 0 Å². The third-order valence-corrected chi connectivity index (χ3v) is 2.95. The molecule has 16 heavy (non-hydrogen) atoms. The molecular formula is C10H17N3O2S. The minimum atomic E-state index is -0.453. The maximum atomic E-state index is 11.5. The highest BCUT2D eigenvalue weighted by molar-refractivity contribution is 7.07. The average Bonchev–Trinajstić information content (AvgIpc) is 2.68. The monoisotopic (exact) mass is 243 g/mol. The van der Waals surface area contributed by atoms with Gasteiger partial charge in [0.15, 0.2) is 0 Å². The first kappa shape index (κ1) is 12.9. The Hall–Kier alpha value is -1.14. The second-order valence-corrected chi connectivity index (χ2v) is 4.48. The average molecular weight is 243 g/mol. The van der Waals surface area contributed by atoms with Gasteiger partial charge < -0.3 is 16.0 Å². The Morgan fingerprint density at radius 3 is 3.00 bits per heavy atom. The molecule has 0 aliphatic rings. The number of amides is 1. The number of nitrogens with one attached hydrogen (secondary N) is 2. The molecule has 0 bridgehead atoms. The van der Waals surface area contributed by atoms with Crippen molar-refractivity contribution < 1.29 is 4.79 Å². The number of nitrogens with two attached hydrogens (primary N) is 1. The maximum absolute atomic E-state index is 11.5. The predicted molar refractivity (Wildman–Crippen MR) is 64.3 cm³/mol. The van der Waals surface area contributed by atoms with Crippen molar-refractivity contribution in [1.29, 1.82) is 0 Å². The smallest absolute Gasteiger partial charge is 0.304 e. The van der Waals surface area contributed by atoms with E-state index < -0.39 is 6.04 Å². The van der Waals surface area contributed by atoms with Gasteiger partial charge in [-0.2, -0.15) is 0 Å². The number of rotatable bonds is 6. The number of hydrogen-bond donors (Lipinski definition) is 3. The lowest BCUT2D eigenvalue weighted by molar-refractivity contribution is -0.122. The van der Waals surface area contributed by atoms with Gasteiger partial charge in [0.25, 0.3) is 0 Å². The van der Waals surface area contributed by atoms with E-state index >= 15 is 0 Å². The maximum Gasteiger partial charge on any atom is 0.304 e. The highest BCUT2D eigenvalue weighted by Gasteiger charge is 2.12. The van der Waals surface area contributed by atoms with E-state index in [9.17, 15) is 9.59 Å². The number of H-pyrrole nitrogens is 1. The molecule has 1 heterocycles. The van der Waals surface area contributed by atoms with Crippen LogP contribution in [0, 0.1) is 0 Å². The molecule has 0 fully saturated rings. The lowest BCUT2D eigenvalue weighted by atomic mass is 10.1. The molecule has 1 aromatic rings. The van der Waals surface area contributed by atoms with E-state index in [0.717, 1.165) is 24.2 Å². The number of thiazole rings is 1. The lowest BCUT2D eigenvalue weighted by Gasteiger charge is -2.10. The summed E-state index contributed by atoms with van der Waals surface area (Å²) in [7, 11) is 0. The van der Waals surface area contributed by atoms with Gasteiger partial charge in [0.2, 0.25) is 5.91 Å². The summed E-state index contributed by atoms with van der Waals surface area (Å²) in [5.41, 5.74) is 6.41. The van der Waals surface area contributed by atoms with E-state index in [1.807, 2.05) is 0 Å². The first-order chi connectivity index (χ1) is 7.63. The fraction of sp³-hybridized carbons (Fsp3) is 0.600. The second kappa shape index (κ2) is 6.44. The van der Waals surface area contributed by atoms with Gasteiger partial charge in [-0.25, -0.2) is 0 Å². The molecule has 90 valence electrons. The third-order valence-electron chi connectivity index (χ3n) is 2.23. The molecule has 0 aromatic carbocycles. The van der Waals surface area contributed by atoms with Crippen LogP contribution < -0.4 is 15.9 Å². The lowest BCUT2D eigenvalue weighted by Crippen LogP contribution is -2.40. The molecule has 0 aliphatic heterocycles. The Balaban J connectivity index is 2.32. The quantitative estimate of drug-likeness (QED) is 0.682. The van der Waals surface area contributed by atoms with Crippen molar-refractivity contribution in [2.45, 2.75) is 38.8 Å². The van der Waals surface area contributed by atoms with Crippen LogP contribution in [-0.4, -0.2) is 16.9 Å². The van der Waals surface area contributed by atoms with Crippen molar-refractivity contribution in [3.05, 3.63) is 20.7 Å². The van der Waals surface area contributed by atoms with E-state index in [4.69, 9.17) is 5.73 Å². The van der Waals surface area contributed by atoms with Crippen LogP contribution in [0.4, 0.5) is 0 Å². The van der Waals surface area contributed by atoms with E-state index in [2.05, 4.69) is 17.2 Å². The van der Waals surface area contributed by atoms with Crippen LogP contribution in [-0.2, 0) is 11.3 Å². The molecule has 0 aliphatic carbocycles. The third kappa shape index (κ3) is 4.16. The summed E-state index contributed by atoms with van der Waals surface area (Å²) < 4.78 is 0. The van der Waals surface area contributed by atoms with Crippen molar-refractivity contribution in [1.82, 2.24) is 10.3 Å². The molecule has 1 rings (SSSR count). The minimum absolute atomic E-state index is 0.112. The number of hydrogen-bond acceptors (Lipinski definition) is 4. The van der Waals surface area contributed by atoms with Crippen molar-refractivity contribution in [2.24, 2.45) is 5.73 Å². The van der Waals surface area contributed by atoms with Crippen LogP contribution in [0.2, 0.25) is 0 Å². The van der Waals surface area contributed by atoms with Gasteiger partial charge in [-0.05, 0) is 6.42 Å². The molecule has 1 amide bonds. The van der Waals surface area contributed by atoms with Crippen molar-refractivity contribution in [2.75, 3.05) is 0 Å². The molecule has 4 N–H and O–H groups in total. The van der Waals surface area contributed by atoms with Gasteiger partial charge >= 0.3 is 4.87 Å². The van der Waals surface area contributed by atoms with Crippen LogP contribution in [0.15, 0.2) is 10.2 Å². The van der Waals surface area contributed by atoms with Gasteiger partial charge in [0, 0.05) is 11.1 Å². The minimum Gasteiger partial charge on any atom is -0.349 e. The number of unbranched alkanes of at least 4 members (excludes halogenated alkanes) is 1. The Morgan fingerprint density at radius 2 is 2.44 bits per heavy atom. The zero-order valence-corrected chi connectivity index (χ0v) is 10.1. The topological polar surface area (TPSA) is 88.0 Å². The van der Waals surface area contributed by atoms with Crippen LogP contribution >= 0.6 is 11.3 Å². The normalized spacial score (nSPS) is 12.4. The fourth-order valence-corrected chi connectivity index (χ4v) is 1.85. The van der Waals surface area contributed by atoms with Crippen molar-refractivity contribution >= 4 is 17.2 Å². The molecule has 5 nitrogen and oxygen atoms in total. The molecule has 0 radical (unpaired) electrons. The summed E-state index contributed by atoms with van der Waals surface area (Å²) in [6.45, 7) is 2.39. The number of carbonyl (C=O) groups excluding carboxylic acids is 1. The van der Waals surface area contributed by atoms with Gasteiger partial charge in [0.05, 0.1) is 12.6 Å². The van der Waals surface area contributed by atoms with E-state index in [1.165, 1.54) is 0 Å². The van der Waals surface area contributed by atoms with E-state index in [-0.39, 0.29) is 10.8 Å². The number of aromatic nitrogens is 1. The standard InChI is InChI=1S/C10H17N3O2S/c1-2-3-4-8(11)9(14)12-5-7-6-16-10(15)13-7/h6,8H,2-5,11H2,1H3,(H,12,14)(H,13,15). The summed E-state index contributed by atoms with van der Waals surface area (Å²) in [5.74, 6) is -0.166. The van der Waals surface area contributed by atoms with Crippen LogP contribution in [0.1, 0.15) is 31.9 Å². The largest absolute Gasteiger partial charge is 0.349 e. The van der Waals surface area contributed by atoms with Crippen LogP contribution in [0.5, 0.6) is 0 Å². The Labute approximate surface area is 98.1 Å². The highest BCUT2D eigenvalue weighted by atomic mass is 32.1. The fourth-order valence-electron chi connectivity index (χ4n) is 1.27. The Morgan fingerprint density at radius 1 is 1.69 bits per heavy atom. The van der Waals surface area contributed by atoms with Crippen molar-refractivity contribution in [3.63, 3.8) is 0 Å². The Bertz CT molecular complexity index is 385. The number of aromatic amines is 1. The van der Waals surface area contributed by atoms with Crippen molar-refractivity contribution in [3.8, 4) is 0 Å². The van der Waals surface area contributed by atoms with Crippen LogP contribution in [0.3, 0.4) is 0 Å². The first-order valence-corrected chi connectivity index (χ1v) is 6.21. The van der Waals surface area contributed by atoms with Gasteiger partial charge in [-0.15, -0.1) is 0 Å². The SMILES string of the molecule is CCCCC(N)C(=O)NCc1csc(=O)[nH]1. The molecule has 1 aromatic heterocycles. The molecule has 6 heteroatoms. The Kier molecular flexibility index (Phi) is 5.21. The summed E-state index contributed by atoms with van der Waals surface area (Å²) in [5, 5.41) is 4.39. The summed E-state index contributed by atoms with van der Waals surface area (Å²) in [4.78, 5) is 24.8. The van der Waals surface area contributed by atoms with Gasteiger partial charge in [-0.3, -0.25) is 9.59 Å². The second-order valence-electron chi connectivity index (χ2n) is 3.64. The highest BCUT2D eigenvalue weighted by Crippen LogP contribution is 1.99. The van der Waals surface area contributed by atoms with Gasteiger partial charge in [-0.1, -0.05) is 31.1 Å². The molecule has 0 spiro atoms. The molecule has 0 saturated carbocycles. The van der Waals surface area contributed by atoms with E-state index in [0.29, 0.717) is 18.7 Å². The first-order valence-electron chi connectivity index (χ1n) is 5.33. The van der Waals surface area contributed by atoms with Gasteiger partial charge in [0.1, 0.15) is 0 Å². The molecule has 0 saturated heterocycles. The summed E-state index contributed by atoms with van der Waals surface area (Å²) >= 11 is 1.08. The molecular weight excluding hydrogens is 226 g/mol. The zero-order valence-electron chi connectivity index (χ0n) is 9.29. The zero-order chi connectivity index (χ0) is 12.0. The van der Waals surface area contributed by atoms with E-state index in [1.54, 1.807) is 5.38 Å².